The van der Waals surface area contributed by atoms with Crippen molar-refractivity contribution in [2.75, 3.05) is 25.7 Å². The Hall–Kier alpha value is -3.50. The fourth-order valence-electron chi connectivity index (χ4n) is 2.68. The molecule has 0 saturated carbocycles. The van der Waals surface area contributed by atoms with Gasteiger partial charge in [-0.1, -0.05) is 12.0 Å². The average Bonchev–Trinajstić information content (AvgIpc) is 3.00. The normalized spacial score (nSPS) is 14.6. The second kappa shape index (κ2) is 8.46. The van der Waals surface area contributed by atoms with Crippen LogP contribution in [0.15, 0.2) is 48.2 Å². The van der Waals surface area contributed by atoms with Crippen LogP contribution in [0.4, 0.5) is 5.69 Å². The minimum absolute atomic E-state index is 0.141. The van der Waals surface area contributed by atoms with E-state index >= 15 is 0 Å². The molecule has 1 saturated heterocycles. The molecule has 7 heteroatoms. The first-order chi connectivity index (χ1) is 13.6. The van der Waals surface area contributed by atoms with Crippen molar-refractivity contribution in [2.24, 2.45) is 0 Å². The smallest absolute Gasteiger partial charge is 0.281 e. The molecule has 6 nitrogen and oxygen atoms in total. The van der Waals surface area contributed by atoms with E-state index in [1.54, 1.807) is 55.7 Å². The van der Waals surface area contributed by atoms with Gasteiger partial charge in [0.15, 0.2) is 16.6 Å². The van der Waals surface area contributed by atoms with Crippen LogP contribution in [0.25, 0.3) is 6.08 Å². The Bertz CT molecular complexity index is 977. The second-order valence-corrected chi connectivity index (χ2v) is 6.12. The third-order valence-corrected chi connectivity index (χ3v) is 4.30. The van der Waals surface area contributed by atoms with Gasteiger partial charge < -0.3 is 19.5 Å². The summed E-state index contributed by atoms with van der Waals surface area (Å²) in [4.78, 5) is 14.3. The van der Waals surface area contributed by atoms with E-state index in [4.69, 9.17) is 32.9 Å². The van der Waals surface area contributed by atoms with Gasteiger partial charge >= 0.3 is 0 Å². The van der Waals surface area contributed by atoms with Gasteiger partial charge in [-0.15, -0.1) is 6.42 Å². The van der Waals surface area contributed by atoms with Crippen molar-refractivity contribution in [3.8, 4) is 29.6 Å². The number of thiocarbonyl (C=S) groups is 1. The Morgan fingerprint density at radius 2 is 1.89 bits per heavy atom. The van der Waals surface area contributed by atoms with Crippen molar-refractivity contribution < 1.29 is 19.0 Å². The van der Waals surface area contributed by atoms with Gasteiger partial charge in [-0.2, -0.15) is 0 Å². The van der Waals surface area contributed by atoms with Crippen molar-refractivity contribution >= 4 is 35.0 Å². The number of terminal acetylenes is 1. The maximum Gasteiger partial charge on any atom is 0.281 e. The average molecular weight is 394 g/mol. The number of rotatable bonds is 6. The lowest BCUT2D eigenvalue weighted by atomic mass is 10.1. The molecular weight excluding hydrogens is 376 g/mol. The molecule has 2 aromatic carbocycles. The van der Waals surface area contributed by atoms with Crippen molar-refractivity contribution in [1.82, 2.24) is 5.32 Å². The summed E-state index contributed by atoms with van der Waals surface area (Å²) in [6.07, 6.45) is 6.92. The molecule has 2 aromatic rings. The van der Waals surface area contributed by atoms with E-state index in [2.05, 4.69) is 11.2 Å². The number of benzene rings is 2. The lowest BCUT2D eigenvalue weighted by Gasteiger charge is -2.14. The van der Waals surface area contributed by atoms with Gasteiger partial charge in [0, 0.05) is 0 Å². The lowest BCUT2D eigenvalue weighted by molar-refractivity contribution is -0.113. The molecule has 0 spiro atoms. The highest BCUT2D eigenvalue weighted by Crippen LogP contribution is 2.30. The zero-order valence-corrected chi connectivity index (χ0v) is 16.2. The minimum Gasteiger partial charge on any atom is -0.497 e. The van der Waals surface area contributed by atoms with Gasteiger partial charge in [0.05, 0.1) is 19.9 Å². The summed E-state index contributed by atoms with van der Waals surface area (Å²) in [7, 11) is 3.12. The van der Waals surface area contributed by atoms with Crippen LogP contribution in [0.5, 0.6) is 17.2 Å². The zero-order chi connectivity index (χ0) is 20.1. The number of amides is 1. The highest BCUT2D eigenvalue weighted by molar-refractivity contribution is 7.80. The predicted molar refractivity (Wildman–Crippen MR) is 112 cm³/mol. The summed E-state index contributed by atoms with van der Waals surface area (Å²) in [5.74, 6) is 3.91. The summed E-state index contributed by atoms with van der Waals surface area (Å²) in [5, 5.41) is 3.26. The van der Waals surface area contributed by atoms with Crippen molar-refractivity contribution in [3.05, 3.63) is 53.7 Å². The molecule has 1 aliphatic heterocycles. The molecule has 1 heterocycles. The van der Waals surface area contributed by atoms with Crippen LogP contribution in [0, 0.1) is 12.3 Å². The molecule has 3 rings (SSSR count). The topological polar surface area (TPSA) is 60.0 Å². The molecule has 0 atom stereocenters. The molecule has 1 aliphatic rings. The number of nitrogens with one attached hydrogen (secondary N) is 1. The molecular formula is C21H18N2O4S. The molecule has 0 aromatic heterocycles. The van der Waals surface area contributed by atoms with Crippen molar-refractivity contribution in [3.63, 3.8) is 0 Å². The minimum atomic E-state index is -0.248. The van der Waals surface area contributed by atoms with E-state index in [0.717, 1.165) is 5.56 Å². The SMILES string of the molecule is C#CCOc1ccc(C=C2NC(=S)N(c3ccc(OC)cc3)C2=O)cc1OC. The molecule has 0 aliphatic carbocycles. The highest BCUT2D eigenvalue weighted by Gasteiger charge is 2.32. The van der Waals surface area contributed by atoms with Gasteiger partial charge in [-0.3, -0.25) is 9.69 Å². The molecule has 0 bridgehead atoms. The molecule has 142 valence electrons. The van der Waals surface area contributed by atoms with Crippen LogP contribution in [0.1, 0.15) is 5.56 Å². The van der Waals surface area contributed by atoms with Crippen LogP contribution in [-0.4, -0.2) is 31.8 Å². The number of nitrogens with zero attached hydrogens (tertiary/aromatic N) is 1. The largest absolute Gasteiger partial charge is 0.497 e. The fraction of sp³-hybridized carbons (Fsp3) is 0.143. The number of hydrogen-bond donors (Lipinski definition) is 1. The summed E-state index contributed by atoms with van der Waals surface area (Å²) in [6, 6.07) is 12.4. The number of carbonyl (C=O) groups is 1. The third kappa shape index (κ3) is 3.92. The first-order valence-electron chi connectivity index (χ1n) is 8.33. The van der Waals surface area contributed by atoms with Crippen molar-refractivity contribution in [1.29, 1.82) is 0 Å². The summed E-state index contributed by atoms with van der Waals surface area (Å²) >= 11 is 5.33. The Kier molecular flexibility index (Phi) is 5.82. The van der Waals surface area contributed by atoms with Gasteiger partial charge in [0.25, 0.3) is 5.91 Å². The number of ether oxygens (including phenoxy) is 3. The number of anilines is 1. The van der Waals surface area contributed by atoms with Gasteiger partial charge in [0.2, 0.25) is 0 Å². The van der Waals surface area contributed by atoms with E-state index in [0.29, 0.717) is 33.7 Å². The summed E-state index contributed by atoms with van der Waals surface area (Å²) in [5.41, 5.74) is 1.77. The van der Waals surface area contributed by atoms with Crippen molar-refractivity contribution in [2.45, 2.75) is 0 Å². The van der Waals surface area contributed by atoms with Crippen LogP contribution in [-0.2, 0) is 4.79 Å². The van der Waals surface area contributed by atoms with Crippen LogP contribution >= 0.6 is 12.2 Å². The summed E-state index contributed by atoms with van der Waals surface area (Å²) in [6.45, 7) is 0.141. The lowest BCUT2D eigenvalue weighted by Crippen LogP contribution is -2.30. The molecule has 0 radical (unpaired) electrons. The fourth-order valence-corrected chi connectivity index (χ4v) is 2.98. The molecule has 28 heavy (non-hydrogen) atoms. The molecule has 1 N–H and O–H groups in total. The van der Waals surface area contributed by atoms with Gasteiger partial charge in [0.1, 0.15) is 18.1 Å². The van der Waals surface area contributed by atoms with Crippen LogP contribution < -0.4 is 24.4 Å². The molecule has 1 fully saturated rings. The molecule has 1 amide bonds. The third-order valence-electron chi connectivity index (χ3n) is 4.02. The summed E-state index contributed by atoms with van der Waals surface area (Å²) < 4.78 is 15.9. The number of carbonyl (C=O) groups excluding carboxylic acids is 1. The van der Waals surface area contributed by atoms with E-state index in [-0.39, 0.29) is 12.5 Å². The first kappa shape index (κ1) is 19.3. The van der Waals surface area contributed by atoms with Crippen LogP contribution in [0.3, 0.4) is 0 Å². The predicted octanol–water partition coefficient (Wildman–Crippen LogP) is 2.98. The second-order valence-electron chi connectivity index (χ2n) is 5.73. The van der Waals surface area contributed by atoms with E-state index in [1.807, 2.05) is 0 Å². The van der Waals surface area contributed by atoms with Gasteiger partial charge in [-0.05, 0) is 60.3 Å². The van der Waals surface area contributed by atoms with Gasteiger partial charge in [-0.25, -0.2) is 0 Å². The Morgan fingerprint density at radius 1 is 1.14 bits per heavy atom. The van der Waals surface area contributed by atoms with E-state index in [9.17, 15) is 4.79 Å². The standard InChI is InChI=1S/C21H18N2O4S/c1-4-11-27-18-10-5-14(13-19(18)26-3)12-17-20(24)23(21(28)22-17)15-6-8-16(25-2)9-7-15/h1,5-10,12-13H,11H2,2-3H3,(H,22,28). The highest BCUT2D eigenvalue weighted by atomic mass is 32.1. The maximum absolute atomic E-state index is 12.8. The Balaban J connectivity index is 1.86. The Labute approximate surface area is 168 Å². The monoisotopic (exact) mass is 394 g/mol. The number of methoxy groups -OCH3 is 2. The van der Waals surface area contributed by atoms with E-state index in [1.165, 1.54) is 12.0 Å². The first-order valence-corrected chi connectivity index (χ1v) is 8.73. The van der Waals surface area contributed by atoms with Crippen LogP contribution in [0.2, 0.25) is 0 Å². The maximum atomic E-state index is 12.8. The quantitative estimate of drug-likeness (QED) is 0.462. The van der Waals surface area contributed by atoms with E-state index < -0.39 is 0 Å². The number of hydrogen-bond acceptors (Lipinski definition) is 5. The Morgan fingerprint density at radius 3 is 2.54 bits per heavy atom. The zero-order valence-electron chi connectivity index (χ0n) is 15.4. The molecule has 0 unspecified atom stereocenters.